The van der Waals surface area contributed by atoms with Gasteiger partial charge in [-0.25, -0.2) is 0 Å². The summed E-state index contributed by atoms with van der Waals surface area (Å²) < 4.78 is 5.83. The Kier molecular flexibility index (Phi) is 7.18. The average molecular weight is 429 g/mol. The van der Waals surface area contributed by atoms with Gasteiger partial charge in [-0.1, -0.05) is 36.4 Å². The first-order valence-electron chi connectivity index (χ1n) is 11.2. The molecule has 32 heavy (non-hydrogen) atoms. The Bertz CT molecular complexity index is 1040. The van der Waals surface area contributed by atoms with Gasteiger partial charge in [0.25, 0.3) is 11.8 Å². The molecule has 0 spiro atoms. The van der Waals surface area contributed by atoms with Crippen LogP contribution in [0.4, 0.5) is 5.69 Å². The molecule has 0 radical (unpaired) electrons. The molecule has 3 aromatic rings. The van der Waals surface area contributed by atoms with Crippen LogP contribution in [0, 0.1) is 0 Å². The van der Waals surface area contributed by atoms with E-state index in [2.05, 4.69) is 17.4 Å². The molecule has 0 aliphatic carbocycles. The zero-order chi connectivity index (χ0) is 22.2. The number of carbonyl (C=O) groups excluding carboxylic acids is 2. The molecule has 4 rings (SSSR count). The predicted octanol–water partition coefficient (Wildman–Crippen LogP) is 5.19. The Labute approximate surface area is 189 Å². The fourth-order valence-electron chi connectivity index (χ4n) is 3.84. The summed E-state index contributed by atoms with van der Waals surface area (Å²) in [6.45, 7) is 2.18. The summed E-state index contributed by atoms with van der Waals surface area (Å²) in [7, 11) is 0. The number of nitrogens with zero attached hydrogens (tertiary/aromatic N) is 1. The number of hydrogen-bond donors (Lipinski definition) is 1. The van der Waals surface area contributed by atoms with Gasteiger partial charge in [-0.2, -0.15) is 0 Å². The van der Waals surface area contributed by atoms with Crippen LogP contribution in [0.1, 0.15) is 45.5 Å². The van der Waals surface area contributed by atoms with Crippen molar-refractivity contribution in [3.8, 4) is 5.75 Å². The summed E-state index contributed by atoms with van der Waals surface area (Å²) in [5.74, 6) is 0.507. The number of ether oxygens (including phenoxy) is 1. The molecule has 0 unspecified atom stereocenters. The minimum absolute atomic E-state index is 0.0583. The van der Waals surface area contributed by atoms with Crippen LogP contribution < -0.4 is 10.1 Å². The Hall–Kier alpha value is -3.60. The second-order valence-electron chi connectivity index (χ2n) is 8.00. The number of rotatable bonds is 7. The third kappa shape index (κ3) is 5.76. The zero-order valence-corrected chi connectivity index (χ0v) is 18.1. The first kappa shape index (κ1) is 21.6. The van der Waals surface area contributed by atoms with Crippen molar-refractivity contribution in [3.05, 3.63) is 95.6 Å². The van der Waals surface area contributed by atoms with Gasteiger partial charge in [-0.05, 0) is 67.3 Å². The number of carbonyl (C=O) groups is 2. The van der Waals surface area contributed by atoms with Crippen molar-refractivity contribution < 1.29 is 14.3 Å². The fraction of sp³-hybridized carbons (Fsp3) is 0.259. The van der Waals surface area contributed by atoms with E-state index in [4.69, 9.17) is 4.74 Å². The van der Waals surface area contributed by atoms with Crippen molar-refractivity contribution in [2.24, 2.45) is 0 Å². The minimum atomic E-state index is -0.214. The van der Waals surface area contributed by atoms with Gasteiger partial charge < -0.3 is 15.0 Å². The molecule has 0 aromatic heterocycles. The normalized spacial score (nSPS) is 13.4. The Morgan fingerprint density at radius 3 is 2.31 bits per heavy atom. The highest BCUT2D eigenvalue weighted by Gasteiger charge is 2.18. The van der Waals surface area contributed by atoms with Gasteiger partial charge in [-0.15, -0.1) is 0 Å². The SMILES string of the molecule is O=C(Nc1ccc(C(=O)N2CCCCC2)cc1)c1cccc(OCCc2ccccc2)c1. The third-order valence-corrected chi connectivity index (χ3v) is 5.63. The fourth-order valence-corrected chi connectivity index (χ4v) is 3.84. The van der Waals surface area contributed by atoms with Gasteiger partial charge >= 0.3 is 0 Å². The number of amides is 2. The maximum Gasteiger partial charge on any atom is 0.255 e. The Morgan fingerprint density at radius 1 is 0.812 bits per heavy atom. The number of nitrogens with one attached hydrogen (secondary N) is 1. The van der Waals surface area contributed by atoms with E-state index in [1.807, 2.05) is 35.2 Å². The van der Waals surface area contributed by atoms with Crippen LogP contribution in [-0.4, -0.2) is 36.4 Å². The largest absolute Gasteiger partial charge is 0.493 e. The second-order valence-corrected chi connectivity index (χ2v) is 8.00. The Morgan fingerprint density at radius 2 is 1.56 bits per heavy atom. The molecule has 3 aromatic carbocycles. The quantitative estimate of drug-likeness (QED) is 0.564. The molecule has 1 aliphatic rings. The highest BCUT2D eigenvalue weighted by molar-refractivity contribution is 6.04. The molecule has 0 atom stereocenters. The zero-order valence-electron chi connectivity index (χ0n) is 18.1. The van der Waals surface area contributed by atoms with Crippen molar-refractivity contribution in [2.45, 2.75) is 25.7 Å². The van der Waals surface area contributed by atoms with Crippen LogP contribution in [0.2, 0.25) is 0 Å². The van der Waals surface area contributed by atoms with Gasteiger partial charge in [0.15, 0.2) is 0 Å². The second kappa shape index (κ2) is 10.6. The van der Waals surface area contributed by atoms with E-state index in [0.29, 0.717) is 29.2 Å². The number of benzene rings is 3. The lowest BCUT2D eigenvalue weighted by atomic mass is 10.1. The summed E-state index contributed by atoms with van der Waals surface area (Å²) >= 11 is 0. The molecule has 5 nitrogen and oxygen atoms in total. The first-order chi connectivity index (χ1) is 15.7. The number of piperidine rings is 1. The molecule has 1 saturated heterocycles. The lowest BCUT2D eigenvalue weighted by molar-refractivity contribution is 0.0724. The van der Waals surface area contributed by atoms with Crippen LogP contribution >= 0.6 is 0 Å². The van der Waals surface area contributed by atoms with E-state index in [1.54, 1.807) is 36.4 Å². The van der Waals surface area contributed by atoms with Gasteiger partial charge in [0.1, 0.15) is 5.75 Å². The molecule has 0 bridgehead atoms. The van der Waals surface area contributed by atoms with E-state index in [1.165, 1.54) is 12.0 Å². The average Bonchev–Trinajstić information content (AvgIpc) is 2.85. The van der Waals surface area contributed by atoms with Gasteiger partial charge in [0.05, 0.1) is 6.61 Å². The number of likely N-dealkylation sites (tertiary alicyclic amines) is 1. The number of hydrogen-bond acceptors (Lipinski definition) is 3. The molecule has 1 heterocycles. The van der Waals surface area contributed by atoms with E-state index in [-0.39, 0.29) is 11.8 Å². The van der Waals surface area contributed by atoms with Crippen LogP contribution in [-0.2, 0) is 6.42 Å². The molecule has 1 fully saturated rings. The molecular weight excluding hydrogens is 400 g/mol. The standard InChI is InChI=1S/C27H28N2O3/c30-26(23-10-7-11-25(20-23)32-19-16-21-8-3-1-4-9-21)28-24-14-12-22(13-15-24)27(31)29-17-5-2-6-18-29/h1,3-4,7-15,20H,2,5-6,16-19H2,(H,28,30). The molecule has 164 valence electrons. The predicted molar refractivity (Wildman–Crippen MR) is 126 cm³/mol. The molecule has 1 aliphatic heterocycles. The van der Waals surface area contributed by atoms with Crippen molar-refractivity contribution >= 4 is 17.5 Å². The topological polar surface area (TPSA) is 58.6 Å². The van der Waals surface area contributed by atoms with Crippen molar-refractivity contribution in [1.29, 1.82) is 0 Å². The van der Waals surface area contributed by atoms with E-state index in [0.717, 1.165) is 32.4 Å². The Balaban J connectivity index is 1.32. The summed E-state index contributed by atoms with van der Waals surface area (Å²) in [5.41, 5.74) is 3.04. The lowest BCUT2D eigenvalue weighted by Gasteiger charge is -2.26. The highest BCUT2D eigenvalue weighted by atomic mass is 16.5. The molecule has 5 heteroatoms. The molecule has 1 N–H and O–H groups in total. The van der Waals surface area contributed by atoms with Crippen molar-refractivity contribution in [2.75, 3.05) is 25.0 Å². The summed E-state index contributed by atoms with van der Waals surface area (Å²) in [5, 5.41) is 2.89. The summed E-state index contributed by atoms with van der Waals surface area (Å²) in [4.78, 5) is 27.2. The molecular formula is C27H28N2O3. The maximum absolute atomic E-state index is 12.7. The van der Waals surface area contributed by atoms with Crippen LogP contribution in [0.15, 0.2) is 78.9 Å². The summed E-state index contributed by atoms with van der Waals surface area (Å²) in [6, 6.07) is 24.4. The van der Waals surface area contributed by atoms with E-state index in [9.17, 15) is 9.59 Å². The monoisotopic (exact) mass is 428 g/mol. The summed E-state index contributed by atoms with van der Waals surface area (Å²) in [6.07, 6.45) is 4.12. The van der Waals surface area contributed by atoms with E-state index < -0.39 is 0 Å². The molecule has 2 amide bonds. The van der Waals surface area contributed by atoms with Gasteiger partial charge in [0.2, 0.25) is 0 Å². The minimum Gasteiger partial charge on any atom is -0.493 e. The van der Waals surface area contributed by atoms with Crippen LogP contribution in [0.5, 0.6) is 5.75 Å². The van der Waals surface area contributed by atoms with Crippen molar-refractivity contribution in [3.63, 3.8) is 0 Å². The third-order valence-electron chi connectivity index (χ3n) is 5.63. The van der Waals surface area contributed by atoms with E-state index >= 15 is 0 Å². The van der Waals surface area contributed by atoms with Crippen LogP contribution in [0.25, 0.3) is 0 Å². The first-order valence-corrected chi connectivity index (χ1v) is 11.2. The van der Waals surface area contributed by atoms with Gasteiger partial charge in [0, 0.05) is 36.3 Å². The molecule has 0 saturated carbocycles. The number of anilines is 1. The van der Waals surface area contributed by atoms with Crippen LogP contribution in [0.3, 0.4) is 0 Å². The van der Waals surface area contributed by atoms with Crippen molar-refractivity contribution in [1.82, 2.24) is 4.90 Å². The lowest BCUT2D eigenvalue weighted by Crippen LogP contribution is -2.35. The highest BCUT2D eigenvalue weighted by Crippen LogP contribution is 2.18. The maximum atomic E-state index is 12.7. The van der Waals surface area contributed by atoms with Gasteiger partial charge in [-0.3, -0.25) is 9.59 Å². The smallest absolute Gasteiger partial charge is 0.255 e.